The number of carbonyl (C=O) groups is 2. The van der Waals surface area contributed by atoms with E-state index < -0.39 is 5.91 Å². The average Bonchev–Trinajstić information content (AvgIpc) is 3.52. The number of benzene rings is 2. The SMILES string of the molecule is COc1ccc(OCc2nnc(SCC(=O)Nc3ccc(C(N)=O)cc3)n2Cc2ccco2)cc1. The minimum atomic E-state index is -0.527. The topological polar surface area (TPSA) is 134 Å². The fourth-order valence-electron chi connectivity index (χ4n) is 3.11. The number of aromatic nitrogens is 3. The van der Waals surface area contributed by atoms with E-state index in [-0.39, 0.29) is 18.3 Å². The predicted molar refractivity (Wildman–Crippen MR) is 129 cm³/mol. The summed E-state index contributed by atoms with van der Waals surface area (Å²) >= 11 is 1.24. The third kappa shape index (κ3) is 6.42. The molecule has 0 bridgehead atoms. The Morgan fingerprint density at radius 3 is 2.46 bits per heavy atom. The van der Waals surface area contributed by atoms with Crippen molar-refractivity contribution in [2.24, 2.45) is 5.73 Å². The molecule has 2 aromatic heterocycles. The number of anilines is 1. The van der Waals surface area contributed by atoms with Gasteiger partial charge in [0.2, 0.25) is 11.8 Å². The van der Waals surface area contributed by atoms with Gasteiger partial charge in [-0.3, -0.25) is 14.2 Å². The molecule has 0 fully saturated rings. The van der Waals surface area contributed by atoms with Crippen LogP contribution in [0.5, 0.6) is 11.5 Å². The van der Waals surface area contributed by atoms with Gasteiger partial charge in [0.15, 0.2) is 11.0 Å². The zero-order valence-electron chi connectivity index (χ0n) is 18.8. The molecule has 2 amide bonds. The second-order valence-corrected chi connectivity index (χ2v) is 8.25. The molecule has 0 saturated carbocycles. The van der Waals surface area contributed by atoms with E-state index in [0.717, 1.165) is 11.5 Å². The third-order valence-corrected chi connectivity index (χ3v) is 5.87. The number of ether oxygens (including phenoxy) is 2. The van der Waals surface area contributed by atoms with E-state index in [0.29, 0.717) is 34.5 Å². The third-order valence-electron chi connectivity index (χ3n) is 4.90. The summed E-state index contributed by atoms with van der Waals surface area (Å²) in [5, 5.41) is 11.8. The first kappa shape index (κ1) is 23.9. The van der Waals surface area contributed by atoms with Gasteiger partial charge in [0.05, 0.1) is 25.7 Å². The smallest absolute Gasteiger partial charge is 0.248 e. The van der Waals surface area contributed by atoms with Crippen LogP contribution < -0.4 is 20.5 Å². The largest absolute Gasteiger partial charge is 0.497 e. The zero-order valence-corrected chi connectivity index (χ0v) is 19.7. The van der Waals surface area contributed by atoms with Crippen molar-refractivity contribution in [2.75, 3.05) is 18.2 Å². The van der Waals surface area contributed by atoms with Gasteiger partial charge in [-0.25, -0.2) is 0 Å². The van der Waals surface area contributed by atoms with Gasteiger partial charge in [-0.1, -0.05) is 11.8 Å². The van der Waals surface area contributed by atoms with Crippen molar-refractivity contribution in [2.45, 2.75) is 18.3 Å². The molecule has 3 N–H and O–H groups in total. The molecule has 0 saturated heterocycles. The fourth-order valence-corrected chi connectivity index (χ4v) is 3.87. The number of amides is 2. The summed E-state index contributed by atoms with van der Waals surface area (Å²) in [6.45, 7) is 0.568. The van der Waals surface area contributed by atoms with Gasteiger partial charge in [0.25, 0.3) is 0 Å². The Bertz CT molecular complexity index is 1270. The maximum Gasteiger partial charge on any atom is 0.248 e. The van der Waals surface area contributed by atoms with Crippen LogP contribution in [0.15, 0.2) is 76.5 Å². The highest BCUT2D eigenvalue weighted by atomic mass is 32.2. The summed E-state index contributed by atoms with van der Waals surface area (Å²) in [6, 6.07) is 17.2. The van der Waals surface area contributed by atoms with Crippen molar-refractivity contribution in [1.82, 2.24) is 14.8 Å². The van der Waals surface area contributed by atoms with Crippen molar-refractivity contribution < 1.29 is 23.5 Å². The molecule has 0 aliphatic carbocycles. The van der Waals surface area contributed by atoms with Gasteiger partial charge >= 0.3 is 0 Å². The highest BCUT2D eigenvalue weighted by Crippen LogP contribution is 2.22. The first-order valence-electron chi connectivity index (χ1n) is 10.6. The Morgan fingerprint density at radius 2 is 1.80 bits per heavy atom. The molecule has 180 valence electrons. The highest BCUT2D eigenvalue weighted by molar-refractivity contribution is 7.99. The molecule has 10 nitrogen and oxygen atoms in total. The summed E-state index contributed by atoms with van der Waals surface area (Å²) in [5.74, 6) is 2.05. The number of furan rings is 1. The van der Waals surface area contributed by atoms with Crippen molar-refractivity contribution in [3.63, 3.8) is 0 Å². The van der Waals surface area contributed by atoms with Gasteiger partial charge in [0.1, 0.15) is 23.9 Å². The Balaban J connectivity index is 1.41. The summed E-state index contributed by atoms with van der Waals surface area (Å²) in [5.41, 5.74) is 6.17. The predicted octanol–water partition coefficient (Wildman–Crippen LogP) is 3.34. The van der Waals surface area contributed by atoms with E-state index in [1.807, 2.05) is 34.9 Å². The summed E-state index contributed by atoms with van der Waals surface area (Å²) in [7, 11) is 1.60. The molecule has 0 radical (unpaired) electrons. The number of nitrogens with two attached hydrogens (primary N) is 1. The number of nitrogens with one attached hydrogen (secondary N) is 1. The van der Waals surface area contributed by atoms with Gasteiger partial charge in [-0.15, -0.1) is 10.2 Å². The lowest BCUT2D eigenvalue weighted by Gasteiger charge is -2.10. The maximum atomic E-state index is 12.5. The standard InChI is InChI=1S/C24H23N5O5S/c1-32-18-8-10-19(11-9-18)34-14-21-27-28-24(29(21)13-20-3-2-12-33-20)35-15-22(30)26-17-6-4-16(5-7-17)23(25)31/h2-12H,13-15H2,1H3,(H2,25,31)(H,26,30). The van der Waals surface area contributed by atoms with Gasteiger partial charge in [-0.2, -0.15) is 0 Å². The first-order valence-corrected chi connectivity index (χ1v) is 11.5. The quantitative estimate of drug-likeness (QED) is 0.304. The van der Waals surface area contributed by atoms with Crippen LogP contribution in [0.2, 0.25) is 0 Å². The molecule has 4 aromatic rings. The number of hydrogen-bond acceptors (Lipinski definition) is 8. The van der Waals surface area contributed by atoms with Gasteiger partial charge < -0.3 is 24.9 Å². The second kappa shape index (κ2) is 11.3. The number of hydrogen-bond donors (Lipinski definition) is 2. The van der Waals surface area contributed by atoms with E-state index in [2.05, 4.69) is 15.5 Å². The van der Waals surface area contributed by atoms with Crippen LogP contribution >= 0.6 is 11.8 Å². The molecule has 0 aliphatic heterocycles. The molecular formula is C24H23N5O5S. The molecule has 0 spiro atoms. The highest BCUT2D eigenvalue weighted by Gasteiger charge is 2.16. The van der Waals surface area contributed by atoms with E-state index in [9.17, 15) is 9.59 Å². The molecule has 0 unspecified atom stereocenters. The van der Waals surface area contributed by atoms with E-state index in [1.54, 1.807) is 43.7 Å². The van der Waals surface area contributed by atoms with Gasteiger partial charge in [0, 0.05) is 11.3 Å². The van der Waals surface area contributed by atoms with E-state index in [4.69, 9.17) is 19.6 Å². The number of rotatable bonds is 11. The molecule has 0 aliphatic rings. The molecule has 0 atom stereocenters. The minimum Gasteiger partial charge on any atom is -0.497 e. The average molecular weight is 494 g/mol. The lowest BCUT2D eigenvalue weighted by molar-refractivity contribution is -0.113. The fraction of sp³-hybridized carbons (Fsp3) is 0.167. The normalized spacial score (nSPS) is 10.7. The van der Waals surface area contributed by atoms with Crippen LogP contribution in [0.1, 0.15) is 21.9 Å². The molecule has 4 rings (SSSR count). The van der Waals surface area contributed by atoms with Crippen molar-refractivity contribution in [3.8, 4) is 11.5 Å². The Kier molecular flexibility index (Phi) is 7.68. The van der Waals surface area contributed by atoms with Crippen molar-refractivity contribution >= 4 is 29.3 Å². The minimum absolute atomic E-state index is 0.104. The maximum absolute atomic E-state index is 12.5. The molecule has 2 heterocycles. The summed E-state index contributed by atoms with van der Waals surface area (Å²) in [6.07, 6.45) is 1.59. The lowest BCUT2D eigenvalue weighted by atomic mass is 10.2. The molecule has 35 heavy (non-hydrogen) atoms. The molecule has 11 heteroatoms. The van der Waals surface area contributed by atoms with Crippen LogP contribution in [0.3, 0.4) is 0 Å². The van der Waals surface area contributed by atoms with Crippen molar-refractivity contribution in [3.05, 3.63) is 84.1 Å². The zero-order chi connectivity index (χ0) is 24.6. The summed E-state index contributed by atoms with van der Waals surface area (Å²) in [4.78, 5) is 23.7. The number of carbonyl (C=O) groups excluding carboxylic acids is 2. The number of methoxy groups -OCH3 is 1. The van der Waals surface area contributed by atoms with Crippen LogP contribution in [-0.2, 0) is 17.9 Å². The Morgan fingerprint density at radius 1 is 1.06 bits per heavy atom. The summed E-state index contributed by atoms with van der Waals surface area (Å²) < 4.78 is 18.4. The molecule has 2 aromatic carbocycles. The Labute approximate surface area is 205 Å². The second-order valence-electron chi connectivity index (χ2n) is 7.31. The van der Waals surface area contributed by atoms with Crippen molar-refractivity contribution in [1.29, 1.82) is 0 Å². The molecular weight excluding hydrogens is 470 g/mol. The van der Waals surface area contributed by atoms with Crippen LogP contribution in [-0.4, -0.2) is 39.4 Å². The van der Waals surface area contributed by atoms with E-state index >= 15 is 0 Å². The van der Waals surface area contributed by atoms with Crippen LogP contribution in [0.25, 0.3) is 0 Å². The number of primary amides is 1. The monoisotopic (exact) mass is 493 g/mol. The first-order chi connectivity index (χ1) is 17.0. The van der Waals surface area contributed by atoms with Crippen LogP contribution in [0, 0.1) is 0 Å². The van der Waals surface area contributed by atoms with E-state index in [1.165, 1.54) is 11.8 Å². The number of thioether (sulfide) groups is 1. The lowest BCUT2D eigenvalue weighted by Crippen LogP contribution is -2.16. The Hall–Kier alpha value is -4.25. The number of nitrogens with zero attached hydrogens (tertiary/aromatic N) is 3. The van der Waals surface area contributed by atoms with Gasteiger partial charge in [-0.05, 0) is 60.7 Å². The van der Waals surface area contributed by atoms with Crippen LogP contribution in [0.4, 0.5) is 5.69 Å².